The number of ether oxygens (including phenoxy) is 1. The standard InChI is InChI=1S/C23H28N4O2S2/c1-13-6-7-30-20(13)22(28)24-10-19-21(18-8-14(2)25-15(3)9-18)31-23(26-19)27-11-16(4)29-17(5)12-27/h6-9,16-17H,10-12H2,1-5H3,(H,24,28)/t16-,17+. The molecule has 0 unspecified atom stereocenters. The van der Waals surface area contributed by atoms with Crippen LogP contribution in [0.5, 0.6) is 0 Å². The molecule has 1 saturated heterocycles. The summed E-state index contributed by atoms with van der Waals surface area (Å²) in [6.45, 7) is 12.2. The van der Waals surface area contributed by atoms with E-state index in [1.54, 1.807) is 11.3 Å². The third kappa shape index (κ3) is 4.97. The topological polar surface area (TPSA) is 67.3 Å². The Kier molecular flexibility index (Phi) is 6.41. The van der Waals surface area contributed by atoms with Gasteiger partial charge in [-0.1, -0.05) is 11.3 Å². The number of morpholine rings is 1. The number of anilines is 1. The Hall–Kier alpha value is -2.29. The molecule has 6 nitrogen and oxygen atoms in total. The molecule has 8 heteroatoms. The molecule has 3 aromatic heterocycles. The van der Waals surface area contributed by atoms with E-state index in [-0.39, 0.29) is 18.1 Å². The Labute approximate surface area is 191 Å². The summed E-state index contributed by atoms with van der Waals surface area (Å²) in [6, 6.07) is 6.14. The van der Waals surface area contributed by atoms with E-state index >= 15 is 0 Å². The lowest BCUT2D eigenvalue weighted by atomic mass is 10.1. The first-order chi connectivity index (χ1) is 14.8. The maximum atomic E-state index is 12.7. The van der Waals surface area contributed by atoms with Crippen molar-refractivity contribution in [1.82, 2.24) is 15.3 Å². The van der Waals surface area contributed by atoms with Crippen LogP contribution in [0.4, 0.5) is 5.13 Å². The number of hydrogen-bond donors (Lipinski definition) is 1. The molecule has 1 aliphatic rings. The second kappa shape index (κ2) is 9.06. The first-order valence-electron chi connectivity index (χ1n) is 10.5. The zero-order valence-electron chi connectivity index (χ0n) is 18.6. The molecular weight excluding hydrogens is 428 g/mol. The molecule has 1 fully saturated rings. The smallest absolute Gasteiger partial charge is 0.261 e. The molecule has 1 aliphatic heterocycles. The van der Waals surface area contributed by atoms with Crippen molar-refractivity contribution in [1.29, 1.82) is 0 Å². The number of thiophene rings is 1. The van der Waals surface area contributed by atoms with Gasteiger partial charge in [-0.3, -0.25) is 9.78 Å². The maximum Gasteiger partial charge on any atom is 0.261 e. The summed E-state index contributed by atoms with van der Waals surface area (Å²) in [5, 5.41) is 5.99. The highest BCUT2D eigenvalue weighted by Gasteiger charge is 2.26. The summed E-state index contributed by atoms with van der Waals surface area (Å²) < 4.78 is 5.89. The summed E-state index contributed by atoms with van der Waals surface area (Å²) in [5.74, 6) is -0.0521. The van der Waals surface area contributed by atoms with Crippen LogP contribution in [0.2, 0.25) is 0 Å². The third-order valence-corrected chi connectivity index (χ3v) is 7.43. The lowest BCUT2D eigenvalue weighted by molar-refractivity contribution is -0.00523. The van der Waals surface area contributed by atoms with Crippen molar-refractivity contribution >= 4 is 33.7 Å². The highest BCUT2D eigenvalue weighted by atomic mass is 32.1. The predicted molar refractivity (Wildman–Crippen MR) is 127 cm³/mol. The van der Waals surface area contributed by atoms with E-state index in [1.807, 2.05) is 32.2 Å². The van der Waals surface area contributed by atoms with Gasteiger partial charge in [-0.15, -0.1) is 11.3 Å². The predicted octanol–water partition coefficient (Wildman–Crippen LogP) is 4.74. The van der Waals surface area contributed by atoms with Crippen LogP contribution in [0.3, 0.4) is 0 Å². The minimum Gasteiger partial charge on any atom is -0.372 e. The zero-order valence-corrected chi connectivity index (χ0v) is 20.2. The molecule has 0 spiro atoms. The number of rotatable bonds is 5. The average molecular weight is 457 g/mol. The van der Waals surface area contributed by atoms with Gasteiger partial charge in [0.25, 0.3) is 5.91 Å². The number of nitrogens with one attached hydrogen (secondary N) is 1. The van der Waals surface area contributed by atoms with Crippen molar-refractivity contribution < 1.29 is 9.53 Å². The lowest BCUT2D eigenvalue weighted by Crippen LogP contribution is -2.45. The molecule has 31 heavy (non-hydrogen) atoms. The quantitative estimate of drug-likeness (QED) is 0.601. The second-order valence-corrected chi connectivity index (χ2v) is 10.1. The van der Waals surface area contributed by atoms with E-state index in [1.165, 1.54) is 11.3 Å². The Bertz CT molecular complexity index is 1060. The average Bonchev–Trinajstić information content (AvgIpc) is 3.31. The third-order valence-electron chi connectivity index (χ3n) is 5.20. The molecule has 0 bridgehead atoms. The molecule has 164 valence electrons. The first-order valence-corrected chi connectivity index (χ1v) is 12.2. The number of aromatic nitrogens is 2. The van der Waals surface area contributed by atoms with Gasteiger partial charge in [-0.2, -0.15) is 0 Å². The summed E-state index contributed by atoms with van der Waals surface area (Å²) in [7, 11) is 0. The van der Waals surface area contributed by atoms with Gasteiger partial charge >= 0.3 is 0 Å². The molecule has 1 N–H and O–H groups in total. The maximum absolute atomic E-state index is 12.7. The Balaban J connectivity index is 1.65. The monoisotopic (exact) mass is 456 g/mol. The van der Waals surface area contributed by atoms with Gasteiger partial charge in [0.1, 0.15) is 0 Å². The number of aryl methyl sites for hydroxylation is 3. The minimum absolute atomic E-state index is 0.0521. The molecule has 1 amide bonds. The number of nitrogens with zero attached hydrogens (tertiary/aromatic N) is 3. The number of pyridine rings is 1. The van der Waals surface area contributed by atoms with Crippen molar-refractivity contribution in [2.45, 2.75) is 53.4 Å². The molecule has 0 saturated carbocycles. The number of hydrogen-bond acceptors (Lipinski definition) is 7. The number of amides is 1. The fourth-order valence-corrected chi connectivity index (χ4v) is 5.90. The van der Waals surface area contributed by atoms with E-state index in [0.717, 1.165) is 56.2 Å². The molecule has 4 heterocycles. The number of thiazole rings is 1. The van der Waals surface area contributed by atoms with E-state index in [4.69, 9.17) is 9.72 Å². The van der Waals surface area contributed by atoms with E-state index in [2.05, 4.69) is 41.2 Å². The van der Waals surface area contributed by atoms with Crippen LogP contribution in [0, 0.1) is 20.8 Å². The fraction of sp³-hybridized carbons (Fsp3) is 0.435. The Morgan fingerprint density at radius 3 is 2.45 bits per heavy atom. The summed E-state index contributed by atoms with van der Waals surface area (Å²) in [6.07, 6.45) is 0.318. The van der Waals surface area contributed by atoms with E-state index < -0.39 is 0 Å². The zero-order chi connectivity index (χ0) is 22.1. The van der Waals surface area contributed by atoms with Gasteiger partial charge in [-0.05, 0) is 69.3 Å². The molecule has 0 aliphatic carbocycles. The van der Waals surface area contributed by atoms with Crippen molar-refractivity contribution in [2.75, 3.05) is 18.0 Å². The van der Waals surface area contributed by atoms with E-state index in [0.29, 0.717) is 6.54 Å². The summed E-state index contributed by atoms with van der Waals surface area (Å²) in [4.78, 5) is 26.3. The van der Waals surface area contributed by atoms with Crippen LogP contribution < -0.4 is 10.2 Å². The van der Waals surface area contributed by atoms with Crippen LogP contribution in [-0.4, -0.2) is 41.2 Å². The van der Waals surface area contributed by atoms with Crippen LogP contribution in [0.15, 0.2) is 23.6 Å². The Morgan fingerprint density at radius 2 is 1.84 bits per heavy atom. The highest BCUT2D eigenvalue weighted by molar-refractivity contribution is 7.19. The van der Waals surface area contributed by atoms with Crippen LogP contribution in [0.1, 0.15) is 46.2 Å². The first kappa shape index (κ1) is 21.9. The van der Waals surface area contributed by atoms with Gasteiger partial charge in [0.05, 0.1) is 34.2 Å². The minimum atomic E-state index is -0.0521. The normalized spacial score (nSPS) is 18.9. The van der Waals surface area contributed by atoms with Crippen molar-refractivity contribution in [3.8, 4) is 10.4 Å². The van der Waals surface area contributed by atoms with Gasteiger partial charge in [0.2, 0.25) is 0 Å². The van der Waals surface area contributed by atoms with Gasteiger partial charge in [0, 0.05) is 24.5 Å². The van der Waals surface area contributed by atoms with Crippen LogP contribution >= 0.6 is 22.7 Å². The van der Waals surface area contributed by atoms with Gasteiger partial charge < -0.3 is 15.0 Å². The summed E-state index contributed by atoms with van der Waals surface area (Å²) >= 11 is 3.14. The van der Waals surface area contributed by atoms with Crippen molar-refractivity contribution in [3.05, 3.63) is 51.1 Å². The molecule has 2 atom stereocenters. The number of carbonyl (C=O) groups excluding carboxylic acids is 1. The van der Waals surface area contributed by atoms with Crippen molar-refractivity contribution in [3.63, 3.8) is 0 Å². The molecule has 3 aromatic rings. The van der Waals surface area contributed by atoms with Gasteiger partial charge in [0.15, 0.2) is 5.13 Å². The fourth-order valence-electron chi connectivity index (χ4n) is 3.97. The molecule has 0 aromatic carbocycles. The van der Waals surface area contributed by atoms with Crippen LogP contribution in [-0.2, 0) is 11.3 Å². The lowest BCUT2D eigenvalue weighted by Gasteiger charge is -2.35. The van der Waals surface area contributed by atoms with Gasteiger partial charge in [-0.25, -0.2) is 4.98 Å². The molecule has 4 rings (SSSR count). The Morgan fingerprint density at radius 1 is 1.16 bits per heavy atom. The summed E-state index contributed by atoms with van der Waals surface area (Å²) in [5.41, 5.74) is 4.93. The largest absolute Gasteiger partial charge is 0.372 e. The number of carbonyl (C=O) groups is 1. The van der Waals surface area contributed by atoms with Crippen LogP contribution in [0.25, 0.3) is 10.4 Å². The second-order valence-electron chi connectivity index (χ2n) is 8.19. The SMILES string of the molecule is Cc1cc(-c2sc(N3C[C@@H](C)O[C@@H](C)C3)nc2CNC(=O)c2sccc2C)cc(C)n1. The van der Waals surface area contributed by atoms with Crippen molar-refractivity contribution in [2.24, 2.45) is 0 Å². The van der Waals surface area contributed by atoms with E-state index in [9.17, 15) is 4.79 Å². The molecular formula is C23H28N4O2S2. The molecule has 0 radical (unpaired) electrons. The highest BCUT2D eigenvalue weighted by Crippen LogP contribution is 2.36.